The van der Waals surface area contributed by atoms with Gasteiger partial charge in [0.15, 0.2) is 0 Å². The lowest BCUT2D eigenvalue weighted by atomic mass is 10.0. The van der Waals surface area contributed by atoms with Gasteiger partial charge >= 0.3 is 0 Å². The second-order valence-corrected chi connectivity index (χ2v) is 7.61. The van der Waals surface area contributed by atoms with Crippen molar-refractivity contribution in [1.29, 1.82) is 0 Å². The van der Waals surface area contributed by atoms with Gasteiger partial charge in [0, 0.05) is 0 Å². The molecule has 0 bridgehead atoms. The number of hydrogen-bond acceptors (Lipinski definition) is 2. The molecule has 0 aliphatic carbocycles. The van der Waals surface area contributed by atoms with Crippen LogP contribution in [0.15, 0.2) is 36.4 Å². The van der Waals surface area contributed by atoms with Gasteiger partial charge in [0.25, 0.3) is 0 Å². The van der Waals surface area contributed by atoms with Crippen LogP contribution in [0.3, 0.4) is 0 Å². The Kier molecular flexibility index (Phi) is 9.10. The monoisotopic (exact) mass is 344 g/mol. The summed E-state index contributed by atoms with van der Waals surface area (Å²) in [7, 11) is 0. The third-order valence-electron chi connectivity index (χ3n) is 4.90. The molecule has 1 unspecified atom stereocenters. The van der Waals surface area contributed by atoms with Crippen molar-refractivity contribution in [1.82, 2.24) is 0 Å². The Labute approximate surface area is 154 Å². The molecule has 1 aliphatic heterocycles. The Morgan fingerprint density at radius 1 is 1.04 bits per heavy atom. The molecule has 25 heavy (non-hydrogen) atoms. The highest BCUT2D eigenvalue weighted by Crippen LogP contribution is 2.27. The van der Waals surface area contributed by atoms with Gasteiger partial charge < -0.3 is 9.47 Å². The highest BCUT2D eigenvalue weighted by molar-refractivity contribution is 5.28. The molecule has 0 saturated carbocycles. The Morgan fingerprint density at radius 3 is 2.40 bits per heavy atom. The summed E-state index contributed by atoms with van der Waals surface area (Å²) in [4.78, 5) is 0. The van der Waals surface area contributed by atoms with Crippen molar-refractivity contribution >= 4 is 0 Å². The molecule has 2 heteroatoms. The van der Waals surface area contributed by atoms with E-state index in [9.17, 15) is 0 Å². The van der Waals surface area contributed by atoms with Gasteiger partial charge in [-0.05, 0) is 57.2 Å². The van der Waals surface area contributed by atoms with Crippen LogP contribution in [0, 0.1) is 0 Å². The van der Waals surface area contributed by atoms with Crippen LogP contribution in [-0.4, -0.2) is 18.8 Å². The lowest BCUT2D eigenvalue weighted by Crippen LogP contribution is -2.16. The molecule has 0 radical (unpaired) electrons. The quantitative estimate of drug-likeness (QED) is 0.219. The summed E-state index contributed by atoms with van der Waals surface area (Å²) >= 11 is 0. The number of hydrogen-bond donors (Lipinski definition) is 0. The molecule has 2 rings (SSSR count). The van der Waals surface area contributed by atoms with Gasteiger partial charge in [0.1, 0.15) is 18.0 Å². The maximum atomic E-state index is 5.85. The summed E-state index contributed by atoms with van der Waals surface area (Å²) in [6, 6.07) is 8.56. The average molecular weight is 345 g/mol. The van der Waals surface area contributed by atoms with Gasteiger partial charge in [-0.15, -0.1) is 0 Å². The standard InChI is InChI=1S/C23H36O2/c1-3-4-5-6-7-8-9-10-11-12-13-15-21-16-14-17-22(18-21)24-19-23(2)20-25-23/h3-4,14,16-18H,5-13,15,19-20H2,1-2H3/b4-3+. The Morgan fingerprint density at radius 2 is 1.72 bits per heavy atom. The van der Waals surface area contributed by atoms with Gasteiger partial charge in [-0.25, -0.2) is 0 Å². The first-order valence-corrected chi connectivity index (χ1v) is 10.2. The van der Waals surface area contributed by atoms with E-state index in [1.54, 1.807) is 0 Å². The maximum absolute atomic E-state index is 5.85. The SMILES string of the molecule is C/C=C/CCCCCCCCCCc1cccc(OCC2(C)CO2)c1. The van der Waals surface area contributed by atoms with E-state index >= 15 is 0 Å². The first-order chi connectivity index (χ1) is 12.2. The molecule has 1 saturated heterocycles. The molecule has 1 atom stereocenters. The van der Waals surface area contributed by atoms with Crippen LogP contribution in [-0.2, 0) is 11.2 Å². The van der Waals surface area contributed by atoms with Crippen LogP contribution in [0.1, 0.15) is 77.2 Å². The van der Waals surface area contributed by atoms with Crippen LogP contribution >= 0.6 is 0 Å². The Balaban J connectivity index is 1.47. The molecule has 2 nitrogen and oxygen atoms in total. The lowest BCUT2D eigenvalue weighted by Gasteiger charge is -2.10. The molecule has 1 aromatic carbocycles. The minimum atomic E-state index is -0.0390. The first-order valence-electron chi connectivity index (χ1n) is 10.2. The van der Waals surface area contributed by atoms with Crippen LogP contribution in [0.25, 0.3) is 0 Å². The fourth-order valence-electron chi connectivity index (χ4n) is 3.05. The van der Waals surface area contributed by atoms with Gasteiger partial charge in [0.2, 0.25) is 0 Å². The smallest absolute Gasteiger partial charge is 0.123 e. The zero-order valence-corrected chi connectivity index (χ0v) is 16.3. The molecular weight excluding hydrogens is 308 g/mol. The molecule has 0 amide bonds. The molecule has 1 aliphatic rings. The number of unbranched alkanes of at least 4 members (excludes halogenated alkanes) is 8. The molecule has 0 aromatic heterocycles. The van der Waals surface area contributed by atoms with Crippen molar-refractivity contribution in [2.45, 2.75) is 83.7 Å². The molecule has 1 aromatic rings. The van der Waals surface area contributed by atoms with Crippen molar-refractivity contribution in [3.05, 3.63) is 42.0 Å². The lowest BCUT2D eigenvalue weighted by molar-refractivity contribution is 0.202. The zero-order valence-electron chi connectivity index (χ0n) is 16.3. The minimum Gasteiger partial charge on any atom is -0.490 e. The van der Waals surface area contributed by atoms with Crippen molar-refractivity contribution in [2.75, 3.05) is 13.2 Å². The summed E-state index contributed by atoms with van der Waals surface area (Å²) in [6.07, 6.45) is 17.8. The molecule has 140 valence electrons. The fourth-order valence-corrected chi connectivity index (χ4v) is 3.05. The first kappa shape index (κ1) is 20.0. The third kappa shape index (κ3) is 9.11. The summed E-state index contributed by atoms with van der Waals surface area (Å²) in [5, 5.41) is 0. The number of epoxide rings is 1. The van der Waals surface area contributed by atoms with Crippen molar-refractivity contribution in [3.63, 3.8) is 0 Å². The predicted molar refractivity (Wildman–Crippen MR) is 106 cm³/mol. The summed E-state index contributed by atoms with van der Waals surface area (Å²) in [5.74, 6) is 0.979. The zero-order chi connectivity index (χ0) is 17.8. The van der Waals surface area contributed by atoms with Crippen molar-refractivity contribution in [3.8, 4) is 5.75 Å². The fraction of sp³-hybridized carbons (Fsp3) is 0.652. The van der Waals surface area contributed by atoms with Crippen LogP contribution in [0.5, 0.6) is 5.75 Å². The van der Waals surface area contributed by atoms with Crippen LogP contribution in [0.2, 0.25) is 0 Å². The molecular formula is C23H36O2. The highest BCUT2D eigenvalue weighted by atomic mass is 16.6. The van der Waals surface area contributed by atoms with Crippen LogP contribution in [0.4, 0.5) is 0 Å². The second kappa shape index (κ2) is 11.4. The van der Waals surface area contributed by atoms with Gasteiger partial charge in [0.05, 0.1) is 6.61 Å². The highest BCUT2D eigenvalue weighted by Gasteiger charge is 2.40. The molecule has 0 N–H and O–H groups in total. The largest absolute Gasteiger partial charge is 0.490 e. The van der Waals surface area contributed by atoms with E-state index in [1.807, 2.05) is 6.07 Å². The van der Waals surface area contributed by atoms with Gasteiger partial charge in [-0.1, -0.05) is 62.8 Å². The van der Waals surface area contributed by atoms with Crippen molar-refractivity contribution < 1.29 is 9.47 Å². The predicted octanol–water partition coefficient (Wildman–Crippen LogP) is 6.48. The van der Waals surface area contributed by atoms with E-state index in [-0.39, 0.29) is 5.60 Å². The molecule has 1 fully saturated rings. The van der Waals surface area contributed by atoms with E-state index in [0.29, 0.717) is 6.61 Å². The Hall–Kier alpha value is -1.28. The van der Waals surface area contributed by atoms with Gasteiger partial charge in [-0.3, -0.25) is 0 Å². The number of benzene rings is 1. The van der Waals surface area contributed by atoms with Crippen molar-refractivity contribution in [2.24, 2.45) is 0 Å². The third-order valence-corrected chi connectivity index (χ3v) is 4.90. The maximum Gasteiger partial charge on any atom is 0.123 e. The summed E-state index contributed by atoms with van der Waals surface area (Å²) in [5.41, 5.74) is 1.35. The topological polar surface area (TPSA) is 21.8 Å². The summed E-state index contributed by atoms with van der Waals surface area (Å²) in [6.45, 7) is 5.68. The minimum absolute atomic E-state index is 0.0390. The van der Waals surface area contributed by atoms with Crippen LogP contribution < -0.4 is 4.74 Å². The second-order valence-electron chi connectivity index (χ2n) is 7.61. The molecule has 0 spiro atoms. The van der Waals surface area contributed by atoms with E-state index < -0.39 is 0 Å². The summed E-state index contributed by atoms with van der Waals surface area (Å²) < 4.78 is 11.2. The Bertz CT molecular complexity index is 503. The average Bonchev–Trinajstić information content (AvgIpc) is 3.36. The van der Waals surface area contributed by atoms with E-state index in [4.69, 9.17) is 9.47 Å². The van der Waals surface area contributed by atoms with E-state index in [2.05, 4.69) is 44.2 Å². The number of allylic oxidation sites excluding steroid dienone is 2. The number of rotatable bonds is 14. The number of ether oxygens (including phenoxy) is 2. The van der Waals surface area contributed by atoms with E-state index in [0.717, 1.165) is 18.8 Å². The normalized spacial score (nSPS) is 19.4. The molecule has 1 heterocycles. The van der Waals surface area contributed by atoms with E-state index in [1.165, 1.54) is 63.4 Å². The van der Waals surface area contributed by atoms with Gasteiger partial charge in [-0.2, -0.15) is 0 Å². The number of aryl methyl sites for hydroxylation is 1.